The Bertz CT molecular complexity index is 1050. The Morgan fingerprint density at radius 3 is 2.73 bits per heavy atom. The summed E-state index contributed by atoms with van der Waals surface area (Å²) in [6, 6.07) is 17.4. The molecule has 1 aromatic carbocycles. The molecule has 0 saturated heterocycles. The molecule has 0 spiro atoms. The minimum Gasteiger partial charge on any atom is -0.463 e. The highest BCUT2D eigenvalue weighted by molar-refractivity contribution is 7.07. The zero-order valence-electron chi connectivity index (χ0n) is 13.9. The summed E-state index contributed by atoms with van der Waals surface area (Å²) in [7, 11) is 0. The molecule has 0 N–H and O–H groups in total. The van der Waals surface area contributed by atoms with Crippen LogP contribution in [0.2, 0.25) is 5.02 Å². The van der Waals surface area contributed by atoms with Crippen molar-refractivity contribution in [2.45, 2.75) is 13.0 Å². The number of hydrogen-bond acceptors (Lipinski definition) is 4. The molecule has 0 aliphatic carbocycles. The van der Waals surface area contributed by atoms with Crippen molar-refractivity contribution in [3.63, 3.8) is 0 Å². The molecule has 4 aromatic rings. The van der Waals surface area contributed by atoms with Crippen LogP contribution in [0.15, 0.2) is 81.8 Å². The van der Waals surface area contributed by atoms with E-state index in [-0.39, 0.29) is 0 Å². The summed E-state index contributed by atoms with van der Waals surface area (Å²) in [6.07, 6.45) is 4.30. The van der Waals surface area contributed by atoms with Crippen LogP contribution in [0.3, 0.4) is 0 Å². The molecule has 0 aliphatic heterocycles. The monoisotopic (exact) mass is 381 g/mol. The number of rotatable bonds is 5. The Kier molecular flexibility index (Phi) is 5.00. The first-order valence-electron chi connectivity index (χ1n) is 8.22. The average Bonchev–Trinajstić information content (AvgIpc) is 3.32. The van der Waals surface area contributed by atoms with E-state index < -0.39 is 0 Å². The second-order valence-electron chi connectivity index (χ2n) is 5.67. The summed E-state index contributed by atoms with van der Waals surface area (Å²) in [5.74, 6) is 0.822. The summed E-state index contributed by atoms with van der Waals surface area (Å²) in [4.78, 5) is 10.1. The lowest BCUT2D eigenvalue weighted by atomic mass is 10.2. The quantitative estimate of drug-likeness (QED) is 0.468. The summed E-state index contributed by atoms with van der Waals surface area (Å²) < 4.78 is 7.76. The van der Waals surface area contributed by atoms with Crippen LogP contribution in [0.25, 0.3) is 11.5 Å². The van der Waals surface area contributed by atoms with Crippen molar-refractivity contribution < 1.29 is 4.42 Å². The number of furan rings is 1. The van der Waals surface area contributed by atoms with Gasteiger partial charge in [0, 0.05) is 30.2 Å². The first-order chi connectivity index (χ1) is 12.8. The lowest BCUT2D eigenvalue weighted by Crippen LogP contribution is -2.17. The number of halogens is 1. The predicted molar refractivity (Wildman–Crippen MR) is 105 cm³/mol. The summed E-state index contributed by atoms with van der Waals surface area (Å²) in [5.41, 5.74) is 2.80. The second-order valence-corrected chi connectivity index (χ2v) is 6.91. The molecule has 4 nitrogen and oxygen atoms in total. The third-order valence-electron chi connectivity index (χ3n) is 3.96. The van der Waals surface area contributed by atoms with Gasteiger partial charge in [0.2, 0.25) is 0 Å². The van der Waals surface area contributed by atoms with Gasteiger partial charge in [-0.25, -0.2) is 4.99 Å². The molecule has 26 heavy (non-hydrogen) atoms. The van der Waals surface area contributed by atoms with Gasteiger partial charge in [0.15, 0.2) is 10.6 Å². The third-order valence-corrected chi connectivity index (χ3v) is 5.14. The molecular weight excluding hydrogens is 366 g/mol. The smallest absolute Gasteiger partial charge is 0.190 e. The maximum atomic E-state index is 6.28. The van der Waals surface area contributed by atoms with Crippen LogP contribution >= 0.6 is 22.9 Å². The van der Waals surface area contributed by atoms with Crippen LogP contribution in [0.4, 0.5) is 5.69 Å². The zero-order chi connectivity index (χ0) is 17.8. The number of benzene rings is 1. The molecule has 0 unspecified atom stereocenters. The molecule has 4 rings (SSSR count). The highest BCUT2D eigenvalue weighted by Gasteiger charge is 2.11. The lowest BCUT2D eigenvalue weighted by Gasteiger charge is -2.07. The Morgan fingerprint density at radius 1 is 1.08 bits per heavy atom. The van der Waals surface area contributed by atoms with Gasteiger partial charge in [-0.3, -0.25) is 4.98 Å². The van der Waals surface area contributed by atoms with Crippen molar-refractivity contribution in [3.8, 4) is 11.5 Å². The fraction of sp³-hybridized carbons (Fsp3) is 0.100. The van der Waals surface area contributed by atoms with E-state index in [0.717, 1.165) is 40.6 Å². The van der Waals surface area contributed by atoms with E-state index in [4.69, 9.17) is 21.0 Å². The molecule has 130 valence electrons. The molecule has 3 heterocycles. The molecule has 0 amide bonds. The number of pyridine rings is 1. The van der Waals surface area contributed by atoms with Crippen LogP contribution in [-0.4, -0.2) is 9.55 Å². The molecule has 0 saturated carbocycles. The molecule has 6 heteroatoms. The van der Waals surface area contributed by atoms with Gasteiger partial charge in [0.1, 0.15) is 0 Å². The molecule has 0 radical (unpaired) electrons. The molecule has 0 bridgehead atoms. The van der Waals surface area contributed by atoms with Gasteiger partial charge in [-0.2, -0.15) is 0 Å². The fourth-order valence-electron chi connectivity index (χ4n) is 2.67. The predicted octanol–water partition coefficient (Wildman–Crippen LogP) is 5.33. The number of thiazole rings is 1. The molecule has 0 atom stereocenters. The van der Waals surface area contributed by atoms with Crippen molar-refractivity contribution in [1.82, 2.24) is 9.55 Å². The Hall–Kier alpha value is -2.63. The number of para-hydroxylation sites is 1. The van der Waals surface area contributed by atoms with Gasteiger partial charge < -0.3 is 8.98 Å². The zero-order valence-corrected chi connectivity index (χ0v) is 15.5. The van der Waals surface area contributed by atoms with Crippen LogP contribution in [0.5, 0.6) is 0 Å². The maximum absolute atomic E-state index is 6.28. The average molecular weight is 382 g/mol. The normalized spacial score (nSPS) is 11.8. The number of hydrogen-bond donors (Lipinski definition) is 0. The van der Waals surface area contributed by atoms with Gasteiger partial charge in [-0.05, 0) is 36.4 Å². The Balaban J connectivity index is 1.76. The van der Waals surface area contributed by atoms with Crippen LogP contribution < -0.4 is 4.80 Å². The van der Waals surface area contributed by atoms with Crippen molar-refractivity contribution in [3.05, 3.63) is 88.0 Å². The first kappa shape index (κ1) is 16.8. The second kappa shape index (κ2) is 7.72. The fourth-order valence-corrected chi connectivity index (χ4v) is 3.78. The van der Waals surface area contributed by atoms with E-state index in [2.05, 4.69) is 14.9 Å². The van der Waals surface area contributed by atoms with Crippen LogP contribution in [-0.2, 0) is 13.0 Å². The topological polar surface area (TPSA) is 43.3 Å². The van der Waals surface area contributed by atoms with Crippen molar-refractivity contribution in [1.29, 1.82) is 0 Å². The third kappa shape index (κ3) is 3.64. The molecule has 0 fully saturated rings. The maximum Gasteiger partial charge on any atom is 0.190 e. The van der Waals surface area contributed by atoms with E-state index in [1.165, 1.54) is 0 Å². The first-order valence-corrected chi connectivity index (χ1v) is 9.48. The minimum absolute atomic E-state index is 0.636. The Morgan fingerprint density at radius 2 is 1.96 bits per heavy atom. The minimum atomic E-state index is 0.636. The van der Waals surface area contributed by atoms with E-state index in [9.17, 15) is 0 Å². The van der Waals surface area contributed by atoms with Crippen molar-refractivity contribution >= 4 is 28.6 Å². The SMILES string of the molecule is Clc1ccccc1N=c1scc(-c2ccco2)n1CCc1ccccn1. The van der Waals surface area contributed by atoms with Gasteiger partial charge in [-0.1, -0.05) is 29.8 Å². The lowest BCUT2D eigenvalue weighted by molar-refractivity contribution is 0.568. The van der Waals surface area contributed by atoms with Crippen LogP contribution in [0, 0.1) is 0 Å². The van der Waals surface area contributed by atoms with Crippen molar-refractivity contribution in [2.75, 3.05) is 0 Å². The molecule has 3 aromatic heterocycles. The highest BCUT2D eigenvalue weighted by Crippen LogP contribution is 2.25. The van der Waals surface area contributed by atoms with E-state index >= 15 is 0 Å². The Labute approximate surface area is 160 Å². The van der Waals surface area contributed by atoms with E-state index in [1.807, 2.05) is 60.8 Å². The van der Waals surface area contributed by atoms with Gasteiger partial charge in [0.05, 0.1) is 22.7 Å². The van der Waals surface area contributed by atoms with Gasteiger partial charge >= 0.3 is 0 Å². The molecular formula is C20H16ClN3OS. The van der Waals surface area contributed by atoms with E-state index in [0.29, 0.717) is 5.02 Å². The summed E-state index contributed by atoms with van der Waals surface area (Å²) in [5, 5.41) is 2.70. The largest absolute Gasteiger partial charge is 0.463 e. The van der Waals surface area contributed by atoms with Crippen LogP contribution in [0.1, 0.15) is 5.69 Å². The molecule has 0 aliphatic rings. The summed E-state index contributed by atoms with van der Waals surface area (Å²) in [6.45, 7) is 0.750. The van der Waals surface area contributed by atoms with Gasteiger partial charge in [-0.15, -0.1) is 11.3 Å². The summed E-state index contributed by atoms with van der Waals surface area (Å²) >= 11 is 7.85. The number of nitrogens with zero attached hydrogens (tertiary/aromatic N) is 3. The number of aryl methyl sites for hydroxylation is 1. The highest BCUT2D eigenvalue weighted by atomic mass is 35.5. The van der Waals surface area contributed by atoms with E-state index in [1.54, 1.807) is 17.6 Å². The van der Waals surface area contributed by atoms with Gasteiger partial charge in [0.25, 0.3) is 0 Å². The van der Waals surface area contributed by atoms with Crippen molar-refractivity contribution in [2.24, 2.45) is 4.99 Å². The number of aromatic nitrogens is 2. The standard InChI is InChI=1S/C20H16ClN3OS/c21-16-7-1-2-8-17(16)23-20-24(12-10-15-6-3-4-11-22-15)18(14-26-20)19-9-5-13-25-19/h1-9,11,13-14H,10,12H2.